The van der Waals surface area contributed by atoms with E-state index in [1.807, 2.05) is 0 Å². The van der Waals surface area contributed by atoms with Crippen molar-refractivity contribution in [2.24, 2.45) is 0 Å². The maximum atomic E-state index is 12.0. The Morgan fingerprint density at radius 2 is 1.95 bits per heavy atom. The summed E-state index contributed by atoms with van der Waals surface area (Å²) in [5.41, 5.74) is 0.975. The van der Waals surface area contributed by atoms with Crippen LogP contribution in [0.3, 0.4) is 0 Å². The number of anilines is 1. The number of nitrogens with zero attached hydrogens (tertiary/aromatic N) is 2. The van der Waals surface area contributed by atoms with E-state index in [1.54, 1.807) is 19.1 Å². The molecule has 0 fully saturated rings. The molecule has 0 spiro atoms. The molecule has 1 heterocycles. The molecule has 8 heteroatoms. The molecule has 0 aliphatic rings. The molecular weight excluding hydrogens is 290 g/mol. The second-order valence-electron chi connectivity index (χ2n) is 3.81. The van der Waals surface area contributed by atoms with Gasteiger partial charge in [0.25, 0.3) is 10.0 Å². The van der Waals surface area contributed by atoms with Gasteiger partial charge in [-0.25, -0.2) is 13.1 Å². The fourth-order valence-corrected chi connectivity index (χ4v) is 2.60. The summed E-state index contributed by atoms with van der Waals surface area (Å²) in [5, 5.41) is 7.12. The minimum Gasteiger partial charge on any atom is -0.408 e. The predicted octanol–water partition coefficient (Wildman–Crippen LogP) is 1.96. The van der Waals surface area contributed by atoms with Gasteiger partial charge in [0.2, 0.25) is 5.89 Å². The van der Waals surface area contributed by atoms with Crippen molar-refractivity contribution in [1.82, 2.24) is 10.2 Å². The van der Waals surface area contributed by atoms with E-state index in [1.165, 1.54) is 12.1 Å². The van der Waals surface area contributed by atoms with Crippen LogP contribution in [0.5, 0.6) is 0 Å². The third kappa shape index (κ3) is 3.45. The monoisotopic (exact) mass is 301 g/mol. The summed E-state index contributed by atoms with van der Waals surface area (Å²) in [6, 6.07) is 6.30. The van der Waals surface area contributed by atoms with E-state index in [0.717, 1.165) is 5.56 Å². The highest BCUT2D eigenvalue weighted by Crippen LogP contribution is 2.15. The van der Waals surface area contributed by atoms with Crippen LogP contribution in [0.4, 0.5) is 6.01 Å². The highest BCUT2D eigenvalue weighted by Gasteiger charge is 2.17. The van der Waals surface area contributed by atoms with Gasteiger partial charge in [0.1, 0.15) is 0 Å². The summed E-state index contributed by atoms with van der Waals surface area (Å²) in [6.07, 6.45) is 0.693. The predicted molar refractivity (Wildman–Crippen MR) is 70.7 cm³/mol. The Labute approximate surface area is 115 Å². The van der Waals surface area contributed by atoms with Crippen molar-refractivity contribution in [1.29, 1.82) is 0 Å². The molecule has 0 aliphatic carbocycles. The molecule has 1 N–H and O–H groups in total. The first kappa shape index (κ1) is 13.8. The lowest BCUT2D eigenvalue weighted by atomic mass is 10.2. The number of alkyl halides is 1. The minimum absolute atomic E-state index is 0.127. The number of halogens is 1. The van der Waals surface area contributed by atoms with Gasteiger partial charge in [0.05, 0.1) is 4.90 Å². The number of nitrogens with one attached hydrogen (secondary N) is 1. The normalized spacial score (nSPS) is 11.5. The van der Waals surface area contributed by atoms with E-state index in [2.05, 4.69) is 14.9 Å². The summed E-state index contributed by atoms with van der Waals surface area (Å²) in [4.78, 5) is 0.127. The molecule has 0 amide bonds. The summed E-state index contributed by atoms with van der Waals surface area (Å²) < 4.78 is 31.2. The zero-order valence-electron chi connectivity index (χ0n) is 10.1. The molecular formula is C11H12ClN3O3S. The molecule has 0 atom stereocenters. The quantitative estimate of drug-likeness (QED) is 0.853. The standard InChI is InChI=1S/C11H12ClN3O3S/c1-8-13-14-11(18-8)15-19(16,17)10-4-2-9(3-5-10)6-7-12/h2-5H,6-7H2,1H3,(H,14,15). The summed E-state index contributed by atoms with van der Waals surface area (Å²) in [7, 11) is -3.71. The largest absolute Gasteiger partial charge is 0.408 e. The summed E-state index contributed by atoms with van der Waals surface area (Å²) in [5.74, 6) is 0.779. The van der Waals surface area contributed by atoms with Crippen molar-refractivity contribution >= 4 is 27.6 Å². The van der Waals surface area contributed by atoms with Crippen molar-refractivity contribution in [2.75, 3.05) is 10.6 Å². The van der Waals surface area contributed by atoms with Crippen LogP contribution < -0.4 is 4.72 Å². The lowest BCUT2D eigenvalue weighted by molar-refractivity contribution is 0.534. The Kier molecular flexibility index (Phi) is 4.06. The van der Waals surface area contributed by atoms with Crippen molar-refractivity contribution in [3.63, 3.8) is 0 Å². The summed E-state index contributed by atoms with van der Waals surface area (Å²) >= 11 is 5.62. The Bertz CT molecular complexity index is 652. The fourth-order valence-electron chi connectivity index (χ4n) is 1.46. The van der Waals surface area contributed by atoms with E-state index < -0.39 is 10.0 Å². The van der Waals surface area contributed by atoms with Crippen LogP contribution >= 0.6 is 11.6 Å². The first-order chi connectivity index (χ1) is 9.01. The summed E-state index contributed by atoms with van der Waals surface area (Å²) in [6.45, 7) is 1.58. The lowest BCUT2D eigenvalue weighted by Crippen LogP contribution is -2.13. The van der Waals surface area contributed by atoms with Gasteiger partial charge < -0.3 is 4.42 Å². The number of hydrogen-bond acceptors (Lipinski definition) is 5. The number of benzene rings is 1. The smallest absolute Gasteiger partial charge is 0.329 e. The van der Waals surface area contributed by atoms with Crippen molar-refractivity contribution in [2.45, 2.75) is 18.2 Å². The highest BCUT2D eigenvalue weighted by molar-refractivity contribution is 7.92. The number of hydrogen-bond donors (Lipinski definition) is 1. The SMILES string of the molecule is Cc1nnc(NS(=O)(=O)c2ccc(CCCl)cc2)o1. The Morgan fingerprint density at radius 1 is 1.26 bits per heavy atom. The van der Waals surface area contributed by atoms with E-state index in [9.17, 15) is 8.42 Å². The molecule has 2 rings (SSSR count). The maximum absolute atomic E-state index is 12.0. The topological polar surface area (TPSA) is 85.1 Å². The van der Waals surface area contributed by atoms with E-state index in [-0.39, 0.29) is 16.8 Å². The Hall–Kier alpha value is -1.60. The zero-order valence-corrected chi connectivity index (χ0v) is 11.7. The maximum Gasteiger partial charge on any atom is 0.329 e. The first-order valence-corrected chi connectivity index (χ1v) is 7.51. The molecule has 0 bridgehead atoms. The molecule has 2 aromatic rings. The van der Waals surface area contributed by atoms with E-state index >= 15 is 0 Å². The third-order valence-corrected chi connectivity index (χ3v) is 3.89. The fraction of sp³-hybridized carbons (Fsp3) is 0.273. The molecule has 0 aliphatic heterocycles. The second-order valence-corrected chi connectivity index (χ2v) is 5.88. The van der Waals surface area contributed by atoms with Gasteiger partial charge in [-0.1, -0.05) is 17.2 Å². The van der Waals surface area contributed by atoms with Gasteiger partial charge in [0.15, 0.2) is 0 Å². The molecule has 102 valence electrons. The van der Waals surface area contributed by atoms with Crippen molar-refractivity contribution in [3.8, 4) is 0 Å². The molecule has 1 aromatic carbocycles. The molecule has 0 saturated heterocycles. The number of sulfonamides is 1. The van der Waals surface area contributed by atoms with Crippen LogP contribution in [0.2, 0.25) is 0 Å². The Balaban J connectivity index is 2.19. The van der Waals surface area contributed by atoms with Crippen LogP contribution in [0.25, 0.3) is 0 Å². The van der Waals surface area contributed by atoms with Crippen LogP contribution in [-0.2, 0) is 16.4 Å². The van der Waals surface area contributed by atoms with E-state index in [4.69, 9.17) is 16.0 Å². The molecule has 0 unspecified atom stereocenters. The van der Waals surface area contributed by atoms with Gasteiger partial charge in [0, 0.05) is 12.8 Å². The van der Waals surface area contributed by atoms with Crippen LogP contribution in [0.1, 0.15) is 11.5 Å². The van der Waals surface area contributed by atoms with Crippen molar-refractivity contribution in [3.05, 3.63) is 35.7 Å². The molecule has 1 aromatic heterocycles. The first-order valence-electron chi connectivity index (χ1n) is 5.49. The number of rotatable bonds is 5. The minimum atomic E-state index is -3.71. The van der Waals surface area contributed by atoms with Gasteiger partial charge >= 0.3 is 6.01 Å². The van der Waals surface area contributed by atoms with Crippen LogP contribution in [0, 0.1) is 6.92 Å². The lowest BCUT2D eigenvalue weighted by Gasteiger charge is -2.05. The zero-order chi connectivity index (χ0) is 13.9. The van der Waals surface area contributed by atoms with Crippen LogP contribution in [-0.4, -0.2) is 24.5 Å². The van der Waals surface area contributed by atoms with Gasteiger partial charge in [-0.2, -0.15) is 0 Å². The number of aryl methyl sites for hydroxylation is 2. The molecule has 19 heavy (non-hydrogen) atoms. The molecule has 0 saturated carbocycles. The second kappa shape index (κ2) is 5.58. The van der Waals surface area contributed by atoms with E-state index in [0.29, 0.717) is 12.3 Å². The van der Waals surface area contributed by atoms with Gasteiger partial charge in [-0.15, -0.1) is 16.7 Å². The number of aromatic nitrogens is 2. The van der Waals surface area contributed by atoms with Crippen molar-refractivity contribution < 1.29 is 12.8 Å². The Morgan fingerprint density at radius 3 is 2.47 bits per heavy atom. The van der Waals surface area contributed by atoms with Gasteiger partial charge in [-0.05, 0) is 24.1 Å². The molecule has 0 radical (unpaired) electrons. The van der Waals surface area contributed by atoms with Crippen LogP contribution in [0.15, 0.2) is 33.6 Å². The average molecular weight is 302 g/mol. The average Bonchev–Trinajstić information content (AvgIpc) is 2.75. The van der Waals surface area contributed by atoms with Gasteiger partial charge in [-0.3, -0.25) is 0 Å². The third-order valence-electron chi connectivity index (χ3n) is 2.36. The highest BCUT2D eigenvalue weighted by atomic mass is 35.5. The molecule has 6 nitrogen and oxygen atoms in total.